The van der Waals surface area contributed by atoms with E-state index in [4.69, 9.17) is 14.7 Å². The van der Waals surface area contributed by atoms with E-state index in [1.54, 1.807) is 37.3 Å². The maximum absolute atomic E-state index is 13.7. The molecule has 0 aliphatic rings. The highest BCUT2D eigenvalue weighted by Crippen LogP contribution is 2.22. The second-order valence-electron chi connectivity index (χ2n) is 5.08. The summed E-state index contributed by atoms with van der Waals surface area (Å²) in [5.74, 6) is -0.367. The molecule has 0 spiro atoms. The summed E-state index contributed by atoms with van der Waals surface area (Å²) in [7, 11) is 1.39. The molecule has 5 nitrogen and oxygen atoms in total. The Bertz CT molecular complexity index is 771. The molecule has 6 heteroatoms. The van der Waals surface area contributed by atoms with E-state index in [0.29, 0.717) is 16.9 Å². The first-order chi connectivity index (χ1) is 11.5. The molecule has 0 heterocycles. The molecule has 0 fully saturated rings. The van der Waals surface area contributed by atoms with Gasteiger partial charge in [-0.15, -0.1) is 0 Å². The summed E-state index contributed by atoms with van der Waals surface area (Å²) in [6.45, 7) is 1.50. The van der Waals surface area contributed by atoms with Gasteiger partial charge in [0, 0.05) is 0 Å². The van der Waals surface area contributed by atoms with Crippen LogP contribution in [-0.2, 0) is 4.79 Å². The van der Waals surface area contributed by atoms with Crippen molar-refractivity contribution in [2.45, 2.75) is 13.0 Å². The van der Waals surface area contributed by atoms with Crippen molar-refractivity contribution in [1.82, 2.24) is 5.32 Å². The Balaban J connectivity index is 1.94. The summed E-state index contributed by atoms with van der Waals surface area (Å²) in [6, 6.07) is 12.8. The average molecular weight is 328 g/mol. The summed E-state index contributed by atoms with van der Waals surface area (Å²) in [5, 5.41) is 11.7. The van der Waals surface area contributed by atoms with Crippen molar-refractivity contribution < 1.29 is 18.7 Å². The van der Waals surface area contributed by atoms with Gasteiger partial charge in [-0.1, -0.05) is 18.2 Å². The molecule has 24 heavy (non-hydrogen) atoms. The van der Waals surface area contributed by atoms with Gasteiger partial charge in [0.1, 0.15) is 11.8 Å². The van der Waals surface area contributed by atoms with Crippen molar-refractivity contribution in [2.75, 3.05) is 13.7 Å². The Hall–Kier alpha value is -3.07. The van der Waals surface area contributed by atoms with Crippen LogP contribution in [-0.4, -0.2) is 19.6 Å². The van der Waals surface area contributed by atoms with Crippen LogP contribution in [0.2, 0.25) is 0 Å². The largest absolute Gasteiger partial charge is 0.494 e. The van der Waals surface area contributed by atoms with Crippen LogP contribution in [0, 0.1) is 17.1 Å². The molecular weight excluding hydrogens is 311 g/mol. The molecule has 0 bridgehead atoms. The number of para-hydroxylation sites is 1. The van der Waals surface area contributed by atoms with E-state index in [2.05, 4.69) is 5.32 Å². The van der Waals surface area contributed by atoms with Gasteiger partial charge in [-0.25, -0.2) is 4.39 Å². The summed E-state index contributed by atoms with van der Waals surface area (Å²) >= 11 is 0. The van der Waals surface area contributed by atoms with Crippen LogP contribution in [0.3, 0.4) is 0 Å². The Kier molecular flexibility index (Phi) is 5.74. The quantitative estimate of drug-likeness (QED) is 0.885. The molecule has 1 atom stereocenters. The standard InChI is InChI=1S/C18H17FN2O3/c1-12(13-7-8-17(23-2)15(19)9-13)21-18(22)11-24-16-6-4-3-5-14(16)10-20/h3-9,12H,11H2,1-2H3,(H,21,22)/t12-/m0/s1. The minimum atomic E-state index is -0.490. The van der Waals surface area contributed by atoms with Gasteiger partial charge in [0.2, 0.25) is 0 Å². The molecule has 1 amide bonds. The van der Waals surface area contributed by atoms with Crippen molar-refractivity contribution >= 4 is 5.91 Å². The second kappa shape index (κ2) is 7.97. The van der Waals surface area contributed by atoms with Gasteiger partial charge in [0.25, 0.3) is 5.91 Å². The third-order valence-electron chi connectivity index (χ3n) is 3.42. The molecule has 1 N–H and O–H groups in total. The molecule has 2 rings (SSSR count). The fourth-order valence-electron chi connectivity index (χ4n) is 2.15. The predicted octanol–water partition coefficient (Wildman–Crippen LogP) is 2.96. The smallest absolute Gasteiger partial charge is 0.258 e. The summed E-state index contributed by atoms with van der Waals surface area (Å²) < 4.78 is 23.9. The zero-order valence-electron chi connectivity index (χ0n) is 13.4. The van der Waals surface area contributed by atoms with E-state index >= 15 is 0 Å². The van der Waals surface area contributed by atoms with Crippen LogP contribution in [0.1, 0.15) is 24.1 Å². The third-order valence-corrected chi connectivity index (χ3v) is 3.42. The van der Waals surface area contributed by atoms with Crippen LogP contribution in [0.5, 0.6) is 11.5 Å². The fraction of sp³-hybridized carbons (Fsp3) is 0.222. The normalized spacial score (nSPS) is 11.2. The van der Waals surface area contributed by atoms with E-state index in [1.807, 2.05) is 6.07 Å². The number of nitrogens with one attached hydrogen (secondary N) is 1. The molecule has 0 aromatic heterocycles. The molecule has 2 aromatic rings. The lowest BCUT2D eigenvalue weighted by Gasteiger charge is -2.15. The van der Waals surface area contributed by atoms with Gasteiger partial charge in [-0.3, -0.25) is 4.79 Å². The van der Waals surface area contributed by atoms with Crippen molar-refractivity contribution in [2.24, 2.45) is 0 Å². The number of rotatable bonds is 6. The maximum Gasteiger partial charge on any atom is 0.258 e. The van der Waals surface area contributed by atoms with Gasteiger partial charge >= 0.3 is 0 Å². The average Bonchev–Trinajstić information content (AvgIpc) is 2.60. The predicted molar refractivity (Wildman–Crippen MR) is 86.2 cm³/mol. The number of nitrogens with zero attached hydrogens (tertiary/aromatic N) is 1. The van der Waals surface area contributed by atoms with Gasteiger partial charge < -0.3 is 14.8 Å². The van der Waals surface area contributed by atoms with E-state index in [0.717, 1.165) is 0 Å². The van der Waals surface area contributed by atoms with Crippen molar-refractivity contribution in [3.05, 3.63) is 59.4 Å². The van der Waals surface area contributed by atoms with Crippen LogP contribution >= 0.6 is 0 Å². The highest BCUT2D eigenvalue weighted by atomic mass is 19.1. The molecule has 0 aliphatic carbocycles. The molecule has 0 radical (unpaired) electrons. The maximum atomic E-state index is 13.7. The third kappa shape index (κ3) is 4.23. The molecule has 124 valence electrons. The lowest BCUT2D eigenvalue weighted by molar-refractivity contribution is -0.123. The van der Waals surface area contributed by atoms with Crippen LogP contribution in [0.15, 0.2) is 42.5 Å². The van der Waals surface area contributed by atoms with Gasteiger partial charge in [0.05, 0.1) is 18.7 Å². The fourth-order valence-corrected chi connectivity index (χ4v) is 2.15. The highest BCUT2D eigenvalue weighted by Gasteiger charge is 2.13. The lowest BCUT2D eigenvalue weighted by Crippen LogP contribution is -2.31. The van der Waals surface area contributed by atoms with Gasteiger partial charge in [0.15, 0.2) is 18.2 Å². The van der Waals surface area contributed by atoms with Crippen LogP contribution in [0.25, 0.3) is 0 Å². The molecular formula is C18H17FN2O3. The number of benzene rings is 2. The summed E-state index contributed by atoms with van der Waals surface area (Å²) in [6.07, 6.45) is 0. The van der Waals surface area contributed by atoms with Gasteiger partial charge in [-0.2, -0.15) is 5.26 Å². The Morgan fingerprint density at radius 2 is 2.04 bits per heavy atom. The number of ether oxygens (including phenoxy) is 2. The van der Waals surface area contributed by atoms with Crippen molar-refractivity contribution in [1.29, 1.82) is 5.26 Å². The number of hydrogen-bond donors (Lipinski definition) is 1. The number of carbonyl (C=O) groups is 1. The Labute approximate surface area is 139 Å². The number of methoxy groups -OCH3 is 1. The first kappa shape index (κ1) is 17.3. The van der Waals surface area contributed by atoms with Gasteiger partial charge in [-0.05, 0) is 36.8 Å². The van der Waals surface area contributed by atoms with Crippen molar-refractivity contribution in [3.63, 3.8) is 0 Å². The molecule has 0 saturated heterocycles. The monoisotopic (exact) mass is 328 g/mol. The molecule has 2 aromatic carbocycles. The summed E-state index contributed by atoms with van der Waals surface area (Å²) in [4.78, 5) is 12.0. The highest BCUT2D eigenvalue weighted by molar-refractivity contribution is 5.78. The molecule has 0 saturated carbocycles. The first-order valence-electron chi connectivity index (χ1n) is 7.30. The number of nitriles is 1. The SMILES string of the molecule is COc1ccc([C@H](C)NC(=O)COc2ccccc2C#N)cc1F. The number of carbonyl (C=O) groups excluding carboxylic acids is 1. The number of hydrogen-bond acceptors (Lipinski definition) is 4. The summed E-state index contributed by atoms with van der Waals surface area (Å²) in [5.41, 5.74) is 0.967. The zero-order chi connectivity index (χ0) is 17.5. The Morgan fingerprint density at radius 1 is 1.29 bits per heavy atom. The minimum absolute atomic E-state index is 0.147. The lowest BCUT2D eigenvalue weighted by atomic mass is 10.1. The van der Waals surface area contributed by atoms with E-state index < -0.39 is 11.9 Å². The number of halogens is 1. The minimum Gasteiger partial charge on any atom is -0.494 e. The van der Waals surface area contributed by atoms with Crippen LogP contribution in [0.4, 0.5) is 4.39 Å². The molecule has 0 unspecified atom stereocenters. The molecule has 0 aliphatic heterocycles. The van der Waals surface area contributed by atoms with Crippen LogP contribution < -0.4 is 14.8 Å². The second-order valence-corrected chi connectivity index (χ2v) is 5.08. The zero-order valence-corrected chi connectivity index (χ0v) is 13.4. The van der Waals surface area contributed by atoms with E-state index in [-0.39, 0.29) is 18.3 Å². The van der Waals surface area contributed by atoms with E-state index in [9.17, 15) is 9.18 Å². The topological polar surface area (TPSA) is 71.3 Å². The Morgan fingerprint density at radius 3 is 2.71 bits per heavy atom. The van der Waals surface area contributed by atoms with Crippen molar-refractivity contribution in [3.8, 4) is 17.6 Å². The number of amides is 1. The van der Waals surface area contributed by atoms with E-state index in [1.165, 1.54) is 19.2 Å². The first-order valence-corrected chi connectivity index (χ1v) is 7.30.